The third-order valence-corrected chi connectivity index (χ3v) is 3.08. The molecule has 1 aromatic rings. The highest BCUT2D eigenvalue weighted by atomic mass is 35.5. The van der Waals surface area contributed by atoms with Crippen molar-refractivity contribution in [3.8, 4) is 0 Å². The Bertz CT molecular complexity index is 344. The zero-order valence-electron chi connectivity index (χ0n) is 9.19. The van der Waals surface area contributed by atoms with Crippen LogP contribution in [-0.4, -0.2) is 36.1 Å². The van der Waals surface area contributed by atoms with Crippen LogP contribution in [0.3, 0.4) is 0 Å². The van der Waals surface area contributed by atoms with E-state index in [1.807, 2.05) is 24.4 Å². The number of pyridine rings is 1. The maximum atomic E-state index is 5.78. The van der Waals surface area contributed by atoms with Crippen LogP contribution in [0.15, 0.2) is 31.0 Å². The lowest BCUT2D eigenvalue weighted by molar-refractivity contribution is 0.203. The van der Waals surface area contributed by atoms with Gasteiger partial charge in [-0.2, -0.15) is 0 Å². The first-order chi connectivity index (χ1) is 7.81. The molecule has 0 radical (unpaired) electrons. The summed E-state index contributed by atoms with van der Waals surface area (Å²) in [5.41, 5.74) is 1.15. The van der Waals surface area contributed by atoms with Crippen LogP contribution in [0.4, 0.5) is 0 Å². The Hall–Kier alpha value is -0.900. The Balaban J connectivity index is 2.14. The van der Waals surface area contributed by atoms with Gasteiger partial charge in [-0.25, -0.2) is 4.98 Å². The van der Waals surface area contributed by atoms with Crippen molar-refractivity contribution >= 4 is 11.6 Å². The standard InChI is InChI=1S/C12H16ClN3/c1-2-11(16-7-5-14-6-8-16)10-3-4-12(13)15-9-10/h2-4,9,11,14H,1,5-8H2/t11-/m0/s1. The minimum absolute atomic E-state index is 0.242. The van der Waals surface area contributed by atoms with Gasteiger partial charge < -0.3 is 5.32 Å². The maximum Gasteiger partial charge on any atom is 0.129 e. The van der Waals surface area contributed by atoms with Gasteiger partial charge in [0.1, 0.15) is 5.15 Å². The molecule has 1 atom stereocenters. The lowest BCUT2D eigenvalue weighted by Crippen LogP contribution is -2.44. The van der Waals surface area contributed by atoms with Crippen LogP contribution >= 0.6 is 11.6 Å². The van der Waals surface area contributed by atoms with Gasteiger partial charge in [-0.3, -0.25) is 4.90 Å². The zero-order valence-corrected chi connectivity index (χ0v) is 9.95. The third-order valence-electron chi connectivity index (χ3n) is 2.86. The second-order valence-electron chi connectivity index (χ2n) is 3.88. The average molecular weight is 238 g/mol. The number of nitrogens with one attached hydrogen (secondary N) is 1. The van der Waals surface area contributed by atoms with E-state index in [1.165, 1.54) is 0 Å². The summed E-state index contributed by atoms with van der Waals surface area (Å²) < 4.78 is 0. The molecule has 4 heteroatoms. The number of aromatic nitrogens is 1. The van der Waals surface area contributed by atoms with E-state index >= 15 is 0 Å². The monoisotopic (exact) mass is 237 g/mol. The number of hydrogen-bond donors (Lipinski definition) is 1. The van der Waals surface area contributed by atoms with Crippen LogP contribution < -0.4 is 5.32 Å². The van der Waals surface area contributed by atoms with Crippen molar-refractivity contribution in [2.24, 2.45) is 0 Å². The average Bonchev–Trinajstić information content (AvgIpc) is 2.34. The SMILES string of the molecule is C=C[C@@H](c1ccc(Cl)nc1)N1CCNCC1. The predicted octanol–water partition coefficient (Wildman–Crippen LogP) is 1.87. The van der Waals surface area contributed by atoms with Crippen molar-refractivity contribution in [1.82, 2.24) is 15.2 Å². The van der Waals surface area contributed by atoms with Gasteiger partial charge in [0.05, 0.1) is 6.04 Å². The lowest BCUT2D eigenvalue weighted by Gasteiger charge is -2.33. The van der Waals surface area contributed by atoms with Crippen LogP contribution in [0.5, 0.6) is 0 Å². The smallest absolute Gasteiger partial charge is 0.129 e. The van der Waals surface area contributed by atoms with Gasteiger partial charge in [0.15, 0.2) is 0 Å². The summed E-state index contributed by atoms with van der Waals surface area (Å²) in [6, 6.07) is 4.09. The first-order valence-electron chi connectivity index (χ1n) is 5.50. The van der Waals surface area contributed by atoms with E-state index in [9.17, 15) is 0 Å². The molecule has 16 heavy (non-hydrogen) atoms. The van der Waals surface area contributed by atoms with Crippen molar-refractivity contribution in [1.29, 1.82) is 0 Å². The van der Waals surface area contributed by atoms with Crippen molar-refractivity contribution in [2.45, 2.75) is 6.04 Å². The number of halogens is 1. The Morgan fingerprint density at radius 1 is 1.44 bits per heavy atom. The molecule has 86 valence electrons. The Morgan fingerprint density at radius 2 is 2.19 bits per heavy atom. The Morgan fingerprint density at radius 3 is 2.75 bits per heavy atom. The molecule has 1 N–H and O–H groups in total. The molecule has 1 fully saturated rings. The van der Waals surface area contributed by atoms with Gasteiger partial charge in [0.2, 0.25) is 0 Å². The molecule has 1 aliphatic rings. The molecule has 0 unspecified atom stereocenters. The third kappa shape index (κ3) is 2.61. The second kappa shape index (κ2) is 5.43. The maximum absolute atomic E-state index is 5.78. The minimum Gasteiger partial charge on any atom is -0.314 e. The molecule has 2 heterocycles. The van der Waals surface area contributed by atoms with Crippen LogP contribution in [0.25, 0.3) is 0 Å². The largest absolute Gasteiger partial charge is 0.314 e. The summed E-state index contributed by atoms with van der Waals surface area (Å²) in [5.74, 6) is 0. The molecule has 0 amide bonds. The highest BCUT2D eigenvalue weighted by molar-refractivity contribution is 6.29. The van der Waals surface area contributed by atoms with Crippen LogP contribution in [0.1, 0.15) is 11.6 Å². The van der Waals surface area contributed by atoms with Gasteiger partial charge in [-0.1, -0.05) is 23.7 Å². The summed E-state index contributed by atoms with van der Waals surface area (Å²) >= 11 is 5.78. The molecule has 3 nitrogen and oxygen atoms in total. The lowest BCUT2D eigenvalue weighted by atomic mass is 10.1. The molecule has 0 bridgehead atoms. The van der Waals surface area contributed by atoms with Gasteiger partial charge in [0.25, 0.3) is 0 Å². The van der Waals surface area contributed by atoms with E-state index in [0.717, 1.165) is 31.7 Å². The van der Waals surface area contributed by atoms with Crippen LogP contribution in [0.2, 0.25) is 5.15 Å². The summed E-state index contributed by atoms with van der Waals surface area (Å²) in [6.07, 6.45) is 3.80. The normalized spacial score (nSPS) is 19.3. The molecule has 0 saturated carbocycles. The first kappa shape index (κ1) is 11.6. The number of nitrogens with zero attached hydrogens (tertiary/aromatic N) is 2. The van der Waals surface area contributed by atoms with Crippen molar-refractivity contribution in [3.63, 3.8) is 0 Å². The van der Waals surface area contributed by atoms with E-state index in [1.54, 1.807) is 0 Å². The van der Waals surface area contributed by atoms with Crippen molar-refractivity contribution in [3.05, 3.63) is 41.7 Å². The molecule has 0 spiro atoms. The molecule has 1 aromatic heterocycles. The molecular formula is C12H16ClN3. The topological polar surface area (TPSA) is 28.2 Å². The quantitative estimate of drug-likeness (QED) is 0.643. The fraction of sp³-hybridized carbons (Fsp3) is 0.417. The number of hydrogen-bond acceptors (Lipinski definition) is 3. The highest BCUT2D eigenvalue weighted by Gasteiger charge is 2.19. The molecule has 1 saturated heterocycles. The van der Waals surface area contributed by atoms with E-state index < -0.39 is 0 Å². The van der Waals surface area contributed by atoms with Crippen LogP contribution in [0, 0.1) is 0 Å². The Labute approximate surface area is 101 Å². The molecule has 2 rings (SSSR count). The fourth-order valence-corrected chi connectivity index (χ4v) is 2.13. The first-order valence-corrected chi connectivity index (χ1v) is 5.88. The number of rotatable bonds is 3. The molecule has 1 aliphatic heterocycles. The minimum atomic E-state index is 0.242. The van der Waals surface area contributed by atoms with Crippen molar-refractivity contribution in [2.75, 3.05) is 26.2 Å². The Kier molecular flexibility index (Phi) is 3.93. The van der Waals surface area contributed by atoms with E-state index in [2.05, 4.69) is 21.8 Å². The number of piperazine rings is 1. The second-order valence-corrected chi connectivity index (χ2v) is 4.27. The van der Waals surface area contributed by atoms with Gasteiger partial charge in [-0.15, -0.1) is 6.58 Å². The summed E-state index contributed by atoms with van der Waals surface area (Å²) in [5, 5.41) is 3.88. The summed E-state index contributed by atoms with van der Waals surface area (Å²) in [6.45, 7) is 8.06. The van der Waals surface area contributed by atoms with Gasteiger partial charge in [0, 0.05) is 32.4 Å². The van der Waals surface area contributed by atoms with E-state index in [4.69, 9.17) is 11.6 Å². The van der Waals surface area contributed by atoms with E-state index in [0.29, 0.717) is 5.15 Å². The summed E-state index contributed by atoms with van der Waals surface area (Å²) in [4.78, 5) is 6.52. The predicted molar refractivity (Wildman–Crippen MR) is 66.6 cm³/mol. The molecule has 0 aliphatic carbocycles. The highest BCUT2D eigenvalue weighted by Crippen LogP contribution is 2.22. The molecule has 0 aromatic carbocycles. The fourth-order valence-electron chi connectivity index (χ4n) is 2.02. The zero-order chi connectivity index (χ0) is 11.4. The van der Waals surface area contributed by atoms with Gasteiger partial charge >= 0.3 is 0 Å². The molecular weight excluding hydrogens is 222 g/mol. The van der Waals surface area contributed by atoms with Gasteiger partial charge in [-0.05, 0) is 11.6 Å². The van der Waals surface area contributed by atoms with Crippen molar-refractivity contribution < 1.29 is 0 Å². The summed E-state index contributed by atoms with van der Waals surface area (Å²) in [7, 11) is 0. The van der Waals surface area contributed by atoms with E-state index in [-0.39, 0.29) is 6.04 Å². The van der Waals surface area contributed by atoms with Crippen LogP contribution in [-0.2, 0) is 0 Å².